The third-order valence-corrected chi connectivity index (χ3v) is 6.03. The van der Waals surface area contributed by atoms with E-state index in [-0.39, 0.29) is 23.4 Å². The number of halogens is 3. The molecule has 0 saturated heterocycles. The maximum atomic E-state index is 12.9. The van der Waals surface area contributed by atoms with Crippen LogP contribution in [0.15, 0.2) is 23.2 Å². The first-order valence-corrected chi connectivity index (χ1v) is 9.89. The van der Waals surface area contributed by atoms with E-state index < -0.39 is 28.9 Å². The van der Waals surface area contributed by atoms with Gasteiger partial charge in [-0.15, -0.1) is 0 Å². The van der Waals surface area contributed by atoms with Crippen LogP contribution in [0.1, 0.15) is 39.0 Å². The molecule has 1 unspecified atom stereocenters. The van der Waals surface area contributed by atoms with Crippen LogP contribution < -0.4 is 4.74 Å². The summed E-state index contributed by atoms with van der Waals surface area (Å²) in [5.41, 5.74) is 0. The molecule has 1 saturated carbocycles. The van der Waals surface area contributed by atoms with Crippen LogP contribution in [0.25, 0.3) is 0 Å². The van der Waals surface area contributed by atoms with E-state index in [9.17, 15) is 26.7 Å². The molecule has 0 spiro atoms. The SMILES string of the molecule is CC(O)CN(C1CCCCC1)S(=O)(=O)c1ccc(OCC(F)(F)F)nc1. The van der Waals surface area contributed by atoms with E-state index in [1.165, 1.54) is 17.3 Å². The van der Waals surface area contributed by atoms with Crippen molar-refractivity contribution in [1.29, 1.82) is 0 Å². The Morgan fingerprint density at radius 2 is 1.96 bits per heavy atom. The highest BCUT2D eigenvalue weighted by Gasteiger charge is 2.33. The van der Waals surface area contributed by atoms with Crippen molar-refractivity contribution in [2.24, 2.45) is 0 Å². The molecule has 0 amide bonds. The van der Waals surface area contributed by atoms with Gasteiger partial charge in [0.25, 0.3) is 0 Å². The van der Waals surface area contributed by atoms with E-state index in [0.29, 0.717) is 12.8 Å². The van der Waals surface area contributed by atoms with Crippen LogP contribution in [-0.2, 0) is 10.0 Å². The Hall–Kier alpha value is -1.39. The standard InChI is InChI=1S/C16H23F3N2O4S/c1-12(22)10-21(13-5-3-2-4-6-13)26(23,24)14-7-8-15(20-9-14)25-11-16(17,18)19/h7-9,12-13,22H,2-6,10-11H2,1H3. The van der Waals surface area contributed by atoms with E-state index in [4.69, 9.17) is 0 Å². The zero-order chi connectivity index (χ0) is 19.4. The second-order valence-electron chi connectivity index (χ2n) is 6.45. The predicted octanol–water partition coefficient (Wildman–Crippen LogP) is 2.73. The molecule has 1 N–H and O–H groups in total. The molecule has 2 rings (SSSR count). The molecule has 6 nitrogen and oxygen atoms in total. The number of pyridine rings is 1. The van der Waals surface area contributed by atoms with Gasteiger partial charge in [0.2, 0.25) is 15.9 Å². The summed E-state index contributed by atoms with van der Waals surface area (Å²) < 4.78 is 68.2. The highest BCUT2D eigenvalue weighted by atomic mass is 32.2. The fourth-order valence-corrected chi connectivity index (χ4v) is 4.68. The third-order valence-electron chi connectivity index (χ3n) is 4.13. The molecule has 0 radical (unpaired) electrons. The van der Waals surface area contributed by atoms with Crippen molar-refractivity contribution in [3.8, 4) is 5.88 Å². The average Bonchev–Trinajstić information content (AvgIpc) is 2.58. The topological polar surface area (TPSA) is 79.7 Å². The summed E-state index contributed by atoms with van der Waals surface area (Å²) in [5.74, 6) is -0.305. The molecular weight excluding hydrogens is 373 g/mol. The van der Waals surface area contributed by atoms with Gasteiger partial charge < -0.3 is 9.84 Å². The van der Waals surface area contributed by atoms with Crippen LogP contribution in [0, 0.1) is 0 Å². The molecule has 1 aliphatic carbocycles. The zero-order valence-electron chi connectivity index (χ0n) is 14.4. The minimum atomic E-state index is -4.50. The van der Waals surface area contributed by atoms with Crippen molar-refractivity contribution in [3.63, 3.8) is 0 Å². The summed E-state index contributed by atoms with van der Waals surface area (Å²) in [7, 11) is -3.92. The lowest BCUT2D eigenvalue weighted by atomic mass is 9.95. The average molecular weight is 396 g/mol. The molecule has 1 heterocycles. The summed E-state index contributed by atoms with van der Waals surface area (Å²) in [5, 5.41) is 9.71. The first kappa shape index (κ1) is 20.9. The van der Waals surface area contributed by atoms with Gasteiger partial charge in [0.15, 0.2) is 6.61 Å². The van der Waals surface area contributed by atoms with Gasteiger partial charge in [-0.25, -0.2) is 13.4 Å². The second kappa shape index (κ2) is 8.53. The molecule has 1 aliphatic rings. The minimum Gasteiger partial charge on any atom is -0.468 e. The Balaban J connectivity index is 2.19. The summed E-state index contributed by atoms with van der Waals surface area (Å²) in [6, 6.07) is 2.07. The summed E-state index contributed by atoms with van der Waals surface area (Å²) in [4.78, 5) is 3.53. The molecule has 0 aliphatic heterocycles. The Kier molecular flexibility index (Phi) is 6.86. The van der Waals surface area contributed by atoms with E-state index in [2.05, 4.69) is 9.72 Å². The van der Waals surface area contributed by atoms with Gasteiger partial charge in [-0.3, -0.25) is 0 Å². The number of sulfonamides is 1. The van der Waals surface area contributed by atoms with Gasteiger partial charge in [-0.2, -0.15) is 17.5 Å². The molecule has 148 valence electrons. The van der Waals surface area contributed by atoms with E-state index in [1.807, 2.05) is 0 Å². The van der Waals surface area contributed by atoms with E-state index in [0.717, 1.165) is 31.5 Å². The molecule has 1 fully saturated rings. The van der Waals surface area contributed by atoms with Crippen molar-refractivity contribution in [3.05, 3.63) is 18.3 Å². The van der Waals surface area contributed by atoms with Crippen LogP contribution in [0.4, 0.5) is 13.2 Å². The quantitative estimate of drug-likeness (QED) is 0.767. The van der Waals surface area contributed by atoms with Crippen molar-refractivity contribution >= 4 is 10.0 Å². The van der Waals surface area contributed by atoms with Crippen molar-refractivity contribution in [2.75, 3.05) is 13.2 Å². The van der Waals surface area contributed by atoms with Gasteiger partial charge in [0.05, 0.1) is 12.3 Å². The smallest absolute Gasteiger partial charge is 0.422 e. The Labute approximate surface area is 151 Å². The number of aliphatic hydroxyl groups excluding tert-OH is 1. The maximum Gasteiger partial charge on any atom is 0.422 e. The maximum absolute atomic E-state index is 12.9. The predicted molar refractivity (Wildman–Crippen MR) is 88.2 cm³/mol. The number of aromatic nitrogens is 1. The summed E-state index contributed by atoms with van der Waals surface area (Å²) in [6.45, 7) is -0.0285. The first-order valence-electron chi connectivity index (χ1n) is 8.45. The number of hydrogen-bond donors (Lipinski definition) is 1. The monoisotopic (exact) mass is 396 g/mol. The summed E-state index contributed by atoms with van der Waals surface area (Å²) in [6.07, 6.45) is -0.0447. The van der Waals surface area contributed by atoms with Gasteiger partial charge >= 0.3 is 6.18 Å². The number of aliphatic hydroxyl groups is 1. The molecule has 1 atom stereocenters. The minimum absolute atomic E-state index is 0.0423. The first-order chi connectivity index (χ1) is 12.1. The fourth-order valence-electron chi connectivity index (χ4n) is 2.97. The number of ether oxygens (including phenoxy) is 1. The van der Waals surface area contributed by atoms with Crippen LogP contribution in [-0.4, -0.2) is 54.3 Å². The van der Waals surface area contributed by atoms with E-state index >= 15 is 0 Å². The normalized spacial score (nSPS) is 18.1. The van der Waals surface area contributed by atoms with Crippen molar-refractivity contribution < 1.29 is 31.4 Å². The lowest BCUT2D eigenvalue weighted by molar-refractivity contribution is -0.154. The van der Waals surface area contributed by atoms with Crippen molar-refractivity contribution in [2.45, 2.75) is 62.2 Å². The zero-order valence-corrected chi connectivity index (χ0v) is 15.3. The Bertz CT molecular complexity index is 672. The highest BCUT2D eigenvalue weighted by molar-refractivity contribution is 7.89. The van der Waals surface area contributed by atoms with Gasteiger partial charge in [-0.05, 0) is 25.8 Å². The Morgan fingerprint density at radius 1 is 1.31 bits per heavy atom. The lowest BCUT2D eigenvalue weighted by Crippen LogP contribution is -2.44. The molecule has 10 heteroatoms. The van der Waals surface area contributed by atoms with Gasteiger partial charge in [0, 0.05) is 18.7 Å². The third kappa shape index (κ3) is 5.82. The number of nitrogens with zero attached hydrogens (tertiary/aromatic N) is 2. The molecule has 0 aromatic carbocycles. The highest BCUT2D eigenvalue weighted by Crippen LogP contribution is 2.28. The lowest BCUT2D eigenvalue weighted by Gasteiger charge is -2.34. The van der Waals surface area contributed by atoms with Gasteiger partial charge in [0.1, 0.15) is 4.90 Å². The molecule has 0 bridgehead atoms. The molecule has 1 aromatic rings. The molecular formula is C16H23F3N2O4S. The molecule has 1 aromatic heterocycles. The van der Waals surface area contributed by atoms with Crippen molar-refractivity contribution in [1.82, 2.24) is 9.29 Å². The van der Waals surface area contributed by atoms with Crippen LogP contribution in [0.3, 0.4) is 0 Å². The number of alkyl halides is 3. The largest absolute Gasteiger partial charge is 0.468 e. The number of rotatable bonds is 7. The summed E-state index contributed by atoms with van der Waals surface area (Å²) >= 11 is 0. The van der Waals surface area contributed by atoms with E-state index in [1.54, 1.807) is 0 Å². The second-order valence-corrected chi connectivity index (χ2v) is 8.34. The van der Waals surface area contributed by atoms with Crippen LogP contribution in [0.5, 0.6) is 5.88 Å². The fraction of sp³-hybridized carbons (Fsp3) is 0.688. The van der Waals surface area contributed by atoms with Crippen LogP contribution >= 0.6 is 0 Å². The number of hydrogen-bond acceptors (Lipinski definition) is 5. The van der Waals surface area contributed by atoms with Gasteiger partial charge in [-0.1, -0.05) is 19.3 Å². The van der Waals surface area contributed by atoms with Crippen LogP contribution in [0.2, 0.25) is 0 Å². The molecule has 26 heavy (non-hydrogen) atoms. The Morgan fingerprint density at radius 3 is 2.46 bits per heavy atom.